The molecule has 2 aromatic rings. The van der Waals surface area contributed by atoms with Crippen molar-refractivity contribution in [1.82, 2.24) is 0 Å². The number of aryl methyl sites for hydroxylation is 1. The van der Waals surface area contributed by atoms with Crippen LogP contribution < -0.4 is 5.32 Å². The Balaban J connectivity index is 2.15. The Kier molecular flexibility index (Phi) is 5.05. The van der Waals surface area contributed by atoms with Crippen LogP contribution in [0, 0.1) is 13.8 Å². The molecular weight excluding hydrogens is 305 g/mol. The van der Waals surface area contributed by atoms with E-state index in [4.69, 9.17) is 23.2 Å². The van der Waals surface area contributed by atoms with Crippen LogP contribution in [0.4, 0.5) is 5.69 Å². The number of hydrogen-bond donors (Lipinski definition) is 1. The third kappa shape index (κ3) is 3.87. The highest BCUT2D eigenvalue weighted by atomic mass is 35.5. The number of amides is 1. The number of hydrogen-bond acceptors (Lipinski definition) is 1. The number of anilines is 1. The lowest BCUT2D eigenvalue weighted by molar-refractivity contribution is -0.111. The van der Waals surface area contributed by atoms with Gasteiger partial charge in [0.25, 0.3) is 0 Å². The Labute approximate surface area is 134 Å². The molecular formula is C17H15Cl2NO. The summed E-state index contributed by atoms with van der Waals surface area (Å²) in [6.45, 7) is 3.98. The van der Waals surface area contributed by atoms with Gasteiger partial charge in [-0.2, -0.15) is 0 Å². The van der Waals surface area contributed by atoms with Gasteiger partial charge in [0.05, 0.1) is 0 Å². The maximum Gasteiger partial charge on any atom is 0.248 e. The van der Waals surface area contributed by atoms with Crippen LogP contribution >= 0.6 is 23.2 Å². The average Bonchev–Trinajstić information content (AvgIpc) is 2.43. The summed E-state index contributed by atoms with van der Waals surface area (Å²) in [6.07, 6.45) is 3.04. The highest BCUT2D eigenvalue weighted by molar-refractivity contribution is 6.37. The van der Waals surface area contributed by atoms with Gasteiger partial charge in [-0.1, -0.05) is 41.4 Å². The topological polar surface area (TPSA) is 29.1 Å². The van der Waals surface area contributed by atoms with Crippen LogP contribution in [0.1, 0.15) is 16.7 Å². The number of rotatable bonds is 3. The summed E-state index contributed by atoms with van der Waals surface area (Å²) in [5.74, 6) is -0.223. The van der Waals surface area contributed by atoms with E-state index in [9.17, 15) is 4.79 Å². The Morgan fingerprint density at radius 3 is 2.33 bits per heavy atom. The molecule has 0 spiro atoms. The van der Waals surface area contributed by atoms with E-state index in [1.807, 2.05) is 32.0 Å². The van der Waals surface area contributed by atoms with Crippen LogP contribution in [-0.4, -0.2) is 5.91 Å². The Hall–Kier alpha value is -1.77. The standard InChI is InChI=1S/C17H15Cl2NO/c1-11-5-3-8-16(12(11)2)20-17(21)10-9-13-14(18)6-4-7-15(13)19/h3-10H,1-2H3,(H,20,21). The van der Waals surface area contributed by atoms with Crippen molar-refractivity contribution in [2.45, 2.75) is 13.8 Å². The van der Waals surface area contributed by atoms with Crippen LogP contribution in [0.25, 0.3) is 6.08 Å². The fourth-order valence-corrected chi connectivity index (χ4v) is 2.41. The van der Waals surface area contributed by atoms with Gasteiger partial charge in [-0.3, -0.25) is 4.79 Å². The molecule has 1 N–H and O–H groups in total. The van der Waals surface area contributed by atoms with Crippen molar-refractivity contribution in [3.05, 3.63) is 69.2 Å². The summed E-state index contributed by atoms with van der Waals surface area (Å²) in [7, 11) is 0. The molecule has 0 atom stereocenters. The van der Waals surface area contributed by atoms with Crippen LogP contribution in [-0.2, 0) is 4.79 Å². The van der Waals surface area contributed by atoms with Gasteiger partial charge in [-0.15, -0.1) is 0 Å². The smallest absolute Gasteiger partial charge is 0.248 e. The quantitative estimate of drug-likeness (QED) is 0.768. The average molecular weight is 320 g/mol. The monoisotopic (exact) mass is 319 g/mol. The summed E-state index contributed by atoms with van der Waals surface area (Å²) < 4.78 is 0. The van der Waals surface area contributed by atoms with E-state index in [1.54, 1.807) is 24.3 Å². The molecule has 21 heavy (non-hydrogen) atoms. The van der Waals surface area contributed by atoms with Crippen molar-refractivity contribution in [1.29, 1.82) is 0 Å². The van der Waals surface area contributed by atoms with Gasteiger partial charge in [0, 0.05) is 27.4 Å². The van der Waals surface area contributed by atoms with E-state index in [2.05, 4.69) is 5.32 Å². The third-order valence-electron chi connectivity index (χ3n) is 3.26. The predicted molar refractivity (Wildman–Crippen MR) is 90.0 cm³/mol. The maximum absolute atomic E-state index is 12.0. The fourth-order valence-electron chi connectivity index (χ4n) is 1.89. The summed E-state index contributed by atoms with van der Waals surface area (Å²) in [5, 5.41) is 3.87. The van der Waals surface area contributed by atoms with Crippen molar-refractivity contribution < 1.29 is 4.79 Å². The lowest BCUT2D eigenvalue weighted by Crippen LogP contribution is -2.09. The molecule has 1 amide bonds. The minimum Gasteiger partial charge on any atom is -0.322 e. The Morgan fingerprint density at radius 1 is 1.05 bits per heavy atom. The second kappa shape index (κ2) is 6.79. The third-order valence-corrected chi connectivity index (χ3v) is 3.92. The van der Waals surface area contributed by atoms with Gasteiger partial charge in [0.2, 0.25) is 5.91 Å². The molecule has 0 aliphatic heterocycles. The van der Waals surface area contributed by atoms with Gasteiger partial charge in [-0.05, 0) is 49.2 Å². The molecule has 0 bridgehead atoms. The van der Waals surface area contributed by atoms with Crippen molar-refractivity contribution in [3.8, 4) is 0 Å². The van der Waals surface area contributed by atoms with Crippen molar-refractivity contribution in [2.75, 3.05) is 5.32 Å². The first-order valence-corrected chi connectivity index (χ1v) is 7.24. The van der Waals surface area contributed by atoms with Crippen LogP contribution in [0.2, 0.25) is 10.0 Å². The molecule has 108 valence electrons. The van der Waals surface area contributed by atoms with Gasteiger partial charge in [0.1, 0.15) is 0 Å². The molecule has 2 aromatic carbocycles. The molecule has 0 aromatic heterocycles. The van der Waals surface area contributed by atoms with E-state index < -0.39 is 0 Å². The second-order valence-corrected chi connectivity index (χ2v) is 5.52. The molecule has 0 saturated heterocycles. The van der Waals surface area contributed by atoms with Crippen molar-refractivity contribution in [3.63, 3.8) is 0 Å². The molecule has 0 unspecified atom stereocenters. The first-order chi connectivity index (χ1) is 9.99. The zero-order valence-electron chi connectivity index (χ0n) is 11.8. The van der Waals surface area contributed by atoms with Crippen LogP contribution in [0.5, 0.6) is 0 Å². The summed E-state index contributed by atoms with van der Waals surface area (Å²) in [5.41, 5.74) is 3.62. The lowest BCUT2D eigenvalue weighted by Gasteiger charge is -2.08. The van der Waals surface area contributed by atoms with Crippen molar-refractivity contribution >= 4 is 40.9 Å². The summed E-state index contributed by atoms with van der Waals surface area (Å²) in [6, 6.07) is 11.0. The van der Waals surface area contributed by atoms with E-state index in [-0.39, 0.29) is 5.91 Å². The molecule has 0 aliphatic rings. The normalized spacial score (nSPS) is 10.9. The predicted octanol–water partition coefficient (Wildman–Crippen LogP) is 5.26. The minimum absolute atomic E-state index is 0.223. The highest BCUT2D eigenvalue weighted by Gasteiger charge is 2.05. The SMILES string of the molecule is Cc1cccc(NC(=O)C=Cc2c(Cl)cccc2Cl)c1C. The number of carbonyl (C=O) groups excluding carboxylic acids is 1. The molecule has 0 heterocycles. The summed E-state index contributed by atoms with van der Waals surface area (Å²) >= 11 is 12.1. The van der Waals surface area contributed by atoms with Gasteiger partial charge in [0.15, 0.2) is 0 Å². The molecule has 0 radical (unpaired) electrons. The number of benzene rings is 2. The lowest BCUT2D eigenvalue weighted by atomic mass is 10.1. The maximum atomic E-state index is 12.0. The highest BCUT2D eigenvalue weighted by Crippen LogP contribution is 2.25. The number of halogens is 2. The molecule has 4 heteroatoms. The molecule has 0 fully saturated rings. The van der Waals surface area contributed by atoms with Gasteiger partial charge in [-0.25, -0.2) is 0 Å². The van der Waals surface area contributed by atoms with E-state index in [0.29, 0.717) is 15.6 Å². The van der Waals surface area contributed by atoms with E-state index in [1.165, 1.54) is 6.08 Å². The fraction of sp³-hybridized carbons (Fsp3) is 0.118. The van der Waals surface area contributed by atoms with Crippen LogP contribution in [0.15, 0.2) is 42.5 Å². The molecule has 0 saturated carbocycles. The number of nitrogens with one attached hydrogen (secondary N) is 1. The van der Waals surface area contributed by atoms with E-state index in [0.717, 1.165) is 16.8 Å². The first-order valence-electron chi connectivity index (χ1n) is 6.48. The molecule has 2 nitrogen and oxygen atoms in total. The van der Waals surface area contributed by atoms with Gasteiger partial charge < -0.3 is 5.32 Å². The Morgan fingerprint density at radius 2 is 1.67 bits per heavy atom. The number of carbonyl (C=O) groups is 1. The zero-order chi connectivity index (χ0) is 15.4. The van der Waals surface area contributed by atoms with E-state index >= 15 is 0 Å². The van der Waals surface area contributed by atoms with Gasteiger partial charge >= 0.3 is 0 Å². The van der Waals surface area contributed by atoms with Crippen LogP contribution in [0.3, 0.4) is 0 Å². The summed E-state index contributed by atoms with van der Waals surface area (Å²) in [4.78, 5) is 12.0. The molecule has 2 rings (SSSR count). The van der Waals surface area contributed by atoms with Crippen molar-refractivity contribution in [2.24, 2.45) is 0 Å². The molecule has 0 aliphatic carbocycles. The second-order valence-electron chi connectivity index (χ2n) is 4.71. The Bertz CT molecular complexity index is 688. The zero-order valence-corrected chi connectivity index (χ0v) is 13.3. The minimum atomic E-state index is -0.223. The largest absolute Gasteiger partial charge is 0.322 e. The first kappa shape index (κ1) is 15.6.